The van der Waals surface area contributed by atoms with Gasteiger partial charge in [0.2, 0.25) is 0 Å². The quantitative estimate of drug-likeness (QED) is 0.0211. The van der Waals surface area contributed by atoms with E-state index in [0.717, 1.165) is 57.8 Å². The molecule has 0 rings (SSSR count). The second-order valence-electron chi connectivity index (χ2n) is 13.9. The molecule has 0 saturated carbocycles. The predicted molar refractivity (Wildman–Crippen MR) is 208 cm³/mol. The highest BCUT2D eigenvalue weighted by molar-refractivity contribution is 7.45. The average molecular weight is 738 g/mol. The first-order chi connectivity index (χ1) is 24.5. The van der Waals surface area contributed by atoms with Crippen molar-refractivity contribution >= 4 is 19.8 Å². The van der Waals surface area contributed by atoms with Gasteiger partial charge in [-0.05, 0) is 51.4 Å². The second-order valence-corrected chi connectivity index (χ2v) is 15.3. The number of nitrogens with zero attached hydrogens (tertiary/aromatic N) is 1. The Bertz CT molecular complexity index is 1060. The molecule has 0 aliphatic carbocycles. The Kier molecular flexibility index (Phi) is 32.0. The monoisotopic (exact) mass is 737 g/mol. The third-order valence-electron chi connectivity index (χ3n) is 7.80. The minimum atomic E-state index is -4.63. The molecule has 0 N–H and O–H groups in total. The Morgan fingerprint density at radius 1 is 0.627 bits per heavy atom. The first kappa shape index (κ1) is 48.7. The van der Waals surface area contributed by atoms with Crippen molar-refractivity contribution in [1.82, 2.24) is 0 Å². The van der Waals surface area contributed by atoms with Crippen LogP contribution < -0.4 is 4.89 Å². The summed E-state index contributed by atoms with van der Waals surface area (Å²) in [7, 11) is 1.13. The van der Waals surface area contributed by atoms with Gasteiger partial charge in [-0.15, -0.1) is 0 Å². The lowest BCUT2D eigenvalue weighted by molar-refractivity contribution is -0.870. The van der Waals surface area contributed by atoms with Crippen molar-refractivity contribution < 1.29 is 42.1 Å². The van der Waals surface area contributed by atoms with Gasteiger partial charge in [-0.1, -0.05) is 132 Å². The molecule has 9 nitrogen and oxygen atoms in total. The largest absolute Gasteiger partial charge is 0.756 e. The van der Waals surface area contributed by atoms with Crippen molar-refractivity contribution in [3.63, 3.8) is 0 Å². The van der Waals surface area contributed by atoms with Gasteiger partial charge in [0, 0.05) is 12.8 Å². The van der Waals surface area contributed by atoms with E-state index in [9.17, 15) is 19.0 Å². The molecule has 2 atom stereocenters. The molecule has 0 aliphatic rings. The molecule has 0 aliphatic heterocycles. The van der Waals surface area contributed by atoms with Gasteiger partial charge < -0.3 is 27.9 Å². The summed E-state index contributed by atoms with van der Waals surface area (Å²) in [5, 5.41) is 0. The number of hydrogen-bond donors (Lipinski definition) is 0. The van der Waals surface area contributed by atoms with Gasteiger partial charge >= 0.3 is 11.9 Å². The van der Waals surface area contributed by atoms with Gasteiger partial charge in [0.05, 0.1) is 27.7 Å². The Morgan fingerprint density at radius 3 is 1.65 bits per heavy atom. The number of likely N-dealkylation sites (N-methyl/N-ethyl adjacent to an activating group) is 1. The summed E-state index contributed by atoms with van der Waals surface area (Å²) < 4.78 is 33.7. The number of phosphoric acid groups is 1. The molecule has 0 fully saturated rings. The number of carbonyl (C=O) groups is 2. The molecule has 1 unspecified atom stereocenters. The summed E-state index contributed by atoms with van der Waals surface area (Å²) >= 11 is 0. The van der Waals surface area contributed by atoms with E-state index in [0.29, 0.717) is 23.9 Å². The fraction of sp³-hybridized carbons (Fsp3) is 0.707. The zero-order valence-corrected chi connectivity index (χ0v) is 33.7. The lowest BCUT2D eigenvalue weighted by atomic mass is 10.1. The van der Waals surface area contributed by atoms with Crippen LogP contribution in [0.4, 0.5) is 0 Å². The third kappa shape index (κ3) is 37.3. The maximum Gasteiger partial charge on any atom is 0.306 e. The maximum atomic E-state index is 12.6. The van der Waals surface area contributed by atoms with E-state index in [-0.39, 0.29) is 26.1 Å². The molecule has 294 valence electrons. The van der Waals surface area contributed by atoms with E-state index in [2.05, 4.69) is 68.5 Å². The Balaban J connectivity index is 4.51. The van der Waals surface area contributed by atoms with Gasteiger partial charge in [0.15, 0.2) is 6.10 Å². The molecule has 0 aromatic carbocycles. The number of hydrogen-bond acceptors (Lipinski definition) is 8. The molecule has 0 amide bonds. The molecule has 10 heteroatoms. The Morgan fingerprint density at radius 2 is 1.12 bits per heavy atom. The SMILES string of the molecule is CC/C=C\C/C=C\C/C=C\C/C=C\C/C=C\CCCC(=O)OC[C@H](COP(=O)([O-])OCC[N+](C)(C)C)OC(=O)CCCCCCCCCCCC. The van der Waals surface area contributed by atoms with Crippen LogP contribution in [0.5, 0.6) is 0 Å². The molecular formula is C41H72NO8P. The summed E-state index contributed by atoms with van der Waals surface area (Å²) in [5.74, 6) is -0.910. The lowest BCUT2D eigenvalue weighted by Crippen LogP contribution is -2.37. The molecule has 0 bridgehead atoms. The van der Waals surface area contributed by atoms with Crippen molar-refractivity contribution in [1.29, 1.82) is 0 Å². The topological polar surface area (TPSA) is 111 Å². The zero-order valence-electron chi connectivity index (χ0n) is 32.8. The van der Waals surface area contributed by atoms with E-state index < -0.39 is 32.5 Å². The van der Waals surface area contributed by atoms with E-state index in [1.54, 1.807) is 0 Å². The van der Waals surface area contributed by atoms with Crippen LogP contribution in [0.15, 0.2) is 60.8 Å². The molecule has 0 heterocycles. The fourth-order valence-corrected chi connectivity index (χ4v) is 5.48. The fourth-order valence-electron chi connectivity index (χ4n) is 4.75. The first-order valence-corrected chi connectivity index (χ1v) is 21.0. The number of unbranched alkanes of at least 4 members (excludes halogenated alkanes) is 10. The highest BCUT2D eigenvalue weighted by atomic mass is 31.2. The Hall–Kier alpha value is -2.29. The van der Waals surface area contributed by atoms with E-state index >= 15 is 0 Å². The number of allylic oxidation sites excluding steroid dienone is 10. The van der Waals surface area contributed by atoms with Crippen molar-refractivity contribution in [2.75, 3.05) is 47.5 Å². The number of esters is 2. The number of phosphoric ester groups is 1. The highest BCUT2D eigenvalue weighted by Gasteiger charge is 2.21. The molecule has 0 saturated heterocycles. The highest BCUT2D eigenvalue weighted by Crippen LogP contribution is 2.38. The molecule has 0 aromatic heterocycles. The van der Waals surface area contributed by atoms with Crippen molar-refractivity contribution in [2.45, 2.75) is 142 Å². The van der Waals surface area contributed by atoms with Crippen LogP contribution in [0.2, 0.25) is 0 Å². The van der Waals surface area contributed by atoms with Crippen LogP contribution in [0.3, 0.4) is 0 Å². The minimum absolute atomic E-state index is 0.0413. The molecular weight excluding hydrogens is 665 g/mol. The number of carbonyl (C=O) groups excluding carboxylic acids is 2. The molecule has 0 radical (unpaired) electrons. The molecule has 0 spiro atoms. The number of ether oxygens (including phenoxy) is 2. The zero-order chi connectivity index (χ0) is 37.9. The van der Waals surface area contributed by atoms with E-state index in [1.807, 2.05) is 27.2 Å². The lowest BCUT2D eigenvalue weighted by Gasteiger charge is -2.28. The van der Waals surface area contributed by atoms with Gasteiger partial charge in [0.1, 0.15) is 19.8 Å². The van der Waals surface area contributed by atoms with Crippen LogP contribution >= 0.6 is 7.82 Å². The van der Waals surface area contributed by atoms with Crippen molar-refractivity contribution in [3.8, 4) is 0 Å². The van der Waals surface area contributed by atoms with Gasteiger partial charge in [-0.3, -0.25) is 14.2 Å². The molecule has 0 aromatic rings. The minimum Gasteiger partial charge on any atom is -0.756 e. The van der Waals surface area contributed by atoms with E-state index in [1.165, 1.54) is 38.5 Å². The number of rotatable bonds is 34. The summed E-state index contributed by atoms with van der Waals surface area (Å²) in [6, 6.07) is 0. The van der Waals surface area contributed by atoms with Crippen molar-refractivity contribution in [2.24, 2.45) is 0 Å². The smallest absolute Gasteiger partial charge is 0.306 e. The maximum absolute atomic E-state index is 12.6. The van der Waals surface area contributed by atoms with Crippen molar-refractivity contribution in [3.05, 3.63) is 60.8 Å². The van der Waals surface area contributed by atoms with Crippen LogP contribution in [0, 0.1) is 0 Å². The van der Waals surface area contributed by atoms with Crippen LogP contribution in [-0.2, 0) is 32.7 Å². The predicted octanol–water partition coefficient (Wildman–Crippen LogP) is 9.88. The second kappa shape index (κ2) is 33.5. The standard InChI is InChI=1S/C41H72NO8P/c1-6-8-10-12-14-16-18-19-20-21-22-23-24-26-27-29-31-33-40(43)47-37-39(38-49-51(45,46)48-36-35-42(3,4)5)50-41(44)34-32-30-28-25-17-15-13-11-9-7-2/h8,10,14,16,19-20,22-23,26-27,39H,6-7,9,11-13,15,17-18,21,24-25,28-38H2,1-5H3/b10-8-,16-14-,20-19-,23-22-,27-26-/t39-/m1/s1. The van der Waals surface area contributed by atoms with Crippen LogP contribution in [-0.4, -0.2) is 70.0 Å². The Labute approximate surface area is 311 Å². The normalized spacial score (nSPS) is 14.4. The van der Waals surface area contributed by atoms with Crippen LogP contribution in [0.1, 0.15) is 136 Å². The average Bonchev–Trinajstić information content (AvgIpc) is 3.07. The van der Waals surface area contributed by atoms with E-state index in [4.69, 9.17) is 18.5 Å². The van der Waals surface area contributed by atoms with Crippen LogP contribution in [0.25, 0.3) is 0 Å². The number of quaternary nitrogens is 1. The first-order valence-electron chi connectivity index (χ1n) is 19.5. The third-order valence-corrected chi connectivity index (χ3v) is 8.77. The van der Waals surface area contributed by atoms with Gasteiger partial charge in [-0.2, -0.15) is 0 Å². The summed E-state index contributed by atoms with van der Waals surface area (Å²) in [4.78, 5) is 37.3. The summed E-state index contributed by atoms with van der Waals surface area (Å²) in [6.45, 7) is 4.00. The van der Waals surface area contributed by atoms with Gasteiger partial charge in [0.25, 0.3) is 7.82 Å². The van der Waals surface area contributed by atoms with Gasteiger partial charge in [-0.25, -0.2) is 0 Å². The summed E-state index contributed by atoms with van der Waals surface area (Å²) in [5.41, 5.74) is 0. The molecule has 51 heavy (non-hydrogen) atoms. The summed E-state index contributed by atoms with van der Waals surface area (Å²) in [6.07, 6.45) is 38.3.